The number of carbonyl (C=O) groups excluding carboxylic acids is 2. The molecule has 4 fully saturated rings. The van der Waals surface area contributed by atoms with Gasteiger partial charge in [-0.25, -0.2) is 4.79 Å². The molecule has 0 unspecified atom stereocenters. The van der Waals surface area contributed by atoms with Crippen molar-refractivity contribution in [3.63, 3.8) is 0 Å². The van der Waals surface area contributed by atoms with E-state index < -0.39 is 5.41 Å². The Morgan fingerprint density at radius 1 is 1.10 bits per heavy atom. The minimum absolute atomic E-state index is 0.112. The molecular weight excluding hydrogens is 362 g/mol. The maximum atomic E-state index is 13.3. The highest BCUT2D eigenvalue weighted by atomic mass is 16.5. The van der Waals surface area contributed by atoms with Crippen LogP contribution in [0.3, 0.4) is 0 Å². The standard InChI is InChI=1S/C25H33NO3/c1-4-29-22(27)9-8-16-6-5-7-21(15-16)25(2,3)24(28)26-23-19-11-17-10-18(13-19)14-20(23)12-17/h5-9,15,17-20,23H,4,10-14H2,1-3H3,(H,26,28). The summed E-state index contributed by atoms with van der Waals surface area (Å²) >= 11 is 0. The first kappa shape index (κ1) is 20.2. The van der Waals surface area contributed by atoms with Crippen molar-refractivity contribution in [2.24, 2.45) is 23.7 Å². The SMILES string of the molecule is CCOC(=O)C=Cc1cccc(C(C)(C)C(=O)NC2C3CC4CC(C3)CC2C4)c1. The van der Waals surface area contributed by atoms with E-state index in [9.17, 15) is 9.59 Å². The maximum absolute atomic E-state index is 13.3. The number of rotatable bonds is 6. The van der Waals surface area contributed by atoms with Crippen LogP contribution in [0.25, 0.3) is 6.08 Å². The van der Waals surface area contributed by atoms with Gasteiger partial charge in [-0.05, 0) is 93.7 Å². The molecule has 5 rings (SSSR count). The lowest BCUT2D eigenvalue weighted by molar-refractivity contribution is -0.137. The molecule has 1 aromatic carbocycles. The predicted octanol–water partition coefficient (Wildman–Crippen LogP) is 4.48. The monoisotopic (exact) mass is 395 g/mol. The molecule has 4 bridgehead atoms. The third-order valence-electron chi connectivity index (χ3n) is 7.40. The van der Waals surface area contributed by atoms with Crippen molar-refractivity contribution < 1.29 is 14.3 Å². The zero-order valence-corrected chi connectivity index (χ0v) is 17.8. The minimum Gasteiger partial charge on any atom is -0.463 e. The van der Waals surface area contributed by atoms with Crippen LogP contribution >= 0.6 is 0 Å². The summed E-state index contributed by atoms with van der Waals surface area (Å²) in [6.45, 7) is 6.14. The van der Waals surface area contributed by atoms with Crippen LogP contribution in [-0.2, 0) is 19.7 Å². The Morgan fingerprint density at radius 2 is 1.76 bits per heavy atom. The fraction of sp³-hybridized carbons (Fsp3) is 0.600. The number of hydrogen-bond acceptors (Lipinski definition) is 3. The third-order valence-corrected chi connectivity index (χ3v) is 7.40. The van der Waals surface area contributed by atoms with Gasteiger partial charge in [-0.3, -0.25) is 4.79 Å². The smallest absolute Gasteiger partial charge is 0.330 e. The number of hydrogen-bond donors (Lipinski definition) is 1. The maximum Gasteiger partial charge on any atom is 0.330 e. The van der Waals surface area contributed by atoms with Crippen LogP contribution in [-0.4, -0.2) is 24.5 Å². The Balaban J connectivity index is 1.46. The van der Waals surface area contributed by atoms with Crippen molar-refractivity contribution in [3.05, 3.63) is 41.5 Å². The molecule has 29 heavy (non-hydrogen) atoms. The predicted molar refractivity (Wildman–Crippen MR) is 114 cm³/mol. The average molecular weight is 396 g/mol. The molecule has 0 spiro atoms. The highest BCUT2D eigenvalue weighted by Crippen LogP contribution is 2.53. The van der Waals surface area contributed by atoms with Crippen LogP contribution in [0.5, 0.6) is 0 Å². The van der Waals surface area contributed by atoms with E-state index in [-0.39, 0.29) is 11.9 Å². The summed E-state index contributed by atoms with van der Waals surface area (Å²) < 4.78 is 4.94. The first-order chi connectivity index (χ1) is 13.9. The topological polar surface area (TPSA) is 55.4 Å². The number of esters is 1. The van der Waals surface area contributed by atoms with E-state index in [0.29, 0.717) is 24.5 Å². The highest BCUT2D eigenvalue weighted by molar-refractivity contribution is 5.89. The van der Waals surface area contributed by atoms with Crippen molar-refractivity contribution in [1.82, 2.24) is 5.32 Å². The molecule has 0 saturated heterocycles. The molecule has 0 aromatic heterocycles. The fourth-order valence-corrected chi connectivity index (χ4v) is 6.01. The van der Waals surface area contributed by atoms with Gasteiger partial charge in [-0.15, -0.1) is 0 Å². The van der Waals surface area contributed by atoms with Crippen LogP contribution < -0.4 is 5.32 Å². The lowest BCUT2D eigenvalue weighted by Crippen LogP contribution is -2.58. The van der Waals surface area contributed by atoms with Gasteiger partial charge in [0.05, 0.1) is 12.0 Å². The van der Waals surface area contributed by atoms with Crippen LogP contribution in [0.1, 0.15) is 64.0 Å². The van der Waals surface area contributed by atoms with Crippen molar-refractivity contribution in [3.8, 4) is 0 Å². The Labute approximate surface area is 174 Å². The molecule has 4 nitrogen and oxygen atoms in total. The summed E-state index contributed by atoms with van der Waals surface area (Å²) in [5.74, 6) is 2.91. The van der Waals surface area contributed by atoms with Crippen molar-refractivity contribution in [2.45, 2.75) is 64.3 Å². The van der Waals surface area contributed by atoms with E-state index in [1.807, 2.05) is 38.1 Å². The number of amides is 1. The Hall–Kier alpha value is -2.10. The molecule has 1 N–H and O–H groups in total. The van der Waals surface area contributed by atoms with Crippen LogP contribution in [0.4, 0.5) is 0 Å². The van der Waals surface area contributed by atoms with E-state index in [1.165, 1.54) is 38.2 Å². The second kappa shape index (κ2) is 7.97. The minimum atomic E-state index is -0.623. The quantitative estimate of drug-likeness (QED) is 0.571. The van der Waals surface area contributed by atoms with E-state index >= 15 is 0 Å². The Morgan fingerprint density at radius 3 is 2.38 bits per heavy atom. The zero-order chi connectivity index (χ0) is 20.6. The highest BCUT2D eigenvalue weighted by Gasteiger charge is 2.49. The number of ether oxygens (including phenoxy) is 1. The lowest BCUT2D eigenvalue weighted by atomic mass is 9.54. The second-order valence-corrected chi connectivity index (χ2v) is 9.77. The van der Waals surface area contributed by atoms with Gasteiger partial charge in [0.15, 0.2) is 0 Å². The summed E-state index contributed by atoms with van der Waals surface area (Å²) in [5, 5.41) is 3.46. The molecule has 156 valence electrons. The summed E-state index contributed by atoms with van der Waals surface area (Å²) in [4.78, 5) is 24.9. The van der Waals surface area contributed by atoms with Crippen molar-refractivity contribution in [2.75, 3.05) is 6.61 Å². The van der Waals surface area contributed by atoms with Gasteiger partial charge in [-0.1, -0.05) is 24.3 Å². The summed E-state index contributed by atoms with van der Waals surface area (Å²) in [5.41, 5.74) is 1.23. The van der Waals surface area contributed by atoms with Gasteiger partial charge in [0.2, 0.25) is 5.91 Å². The van der Waals surface area contributed by atoms with E-state index in [1.54, 1.807) is 13.0 Å². The van der Waals surface area contributed by atoms with E-state index in [4.69, 9.17) is 4.74 Å². The third kappa shape index (κ3) is 4.12. The second-order valence-electron chi connectivity index (χ2n) is 9.77. The normalized spacial score (nSPS) is 30.5. The van der Waals surface area contributed by atoms with Crippen LogP contribution in [0.15, 0.2) is 30.3 Å². The molecule has 0 radical (unpaired) electrons. The van der Waals surface area contributed by atoms with Gasteiger partial charge in [0.1, 0.15) is 0 Å². The van der Waals surface area contributed by atoms with Crippen molar-refractivity contribution >= 4 is 18.0 Å². The van der Waals surface area contributed by atoms with Gasteiger partial charge >= 0.3 is 5.97 Å². The van der Waals surface area contributed by atoms with Gasteiger partial charge < -0.3 is 10.1 Å². The van der Waals surface area contributed by atoms with Gasteiger partial charge in [0, 0.05) is 12.1 Å². The molecule has 0 heterocycles. The van der Waals surface area contributed by atoms with Crippen molar-refractivity contribution in [1.29, 1.82) is 0 Å². The molecular formula is C25H33NO3. The molecule has 1 aromatic rings. The summed E-state index contributed by atoms with van der Waals surface area (Å²) in [7, 11) is 0. The largest absolute Gasteiger partial charge is 0.463 e. The molecule has 4 aliphatic rings. The zero-order valence-electron chi connectivity index (χ0n) is 17.8. The van der Waals surface area contributed by atoms with E-state index in [2.05, 4.69) is 5.32 Å². The van der Waals surface area contributed by atoms with Crippen LogP contribution in [0.2, 0.25) is 0 Å². The summed E-state index contributed by atoms with van der Waals surface area (Å²) in [6.07, 6.45) is 9.79. The lowest BCUT2D eigenvalue weighted by Gasteiger charge is -2.54. The Kier molecular flexibility index (Phi) is 5.54. The van der Waals surface area contributed by atoms with E-state index in [0.717, 1.165) is 23.0 Å². The average Bonchev–Trinajstić information content (AvgIpc) is 2.69. The number of nitrogens with one attached hydrogen (secondary N) is 1. The summed E-state index contributed by atoms with van der Waals surface area (Å²) in [6, 6.07) is 8.22. The van der Waals surface area contributed by atoms with Gasteiger partial charge in [0.25, 0.3) is 0 Å². The van der Waals surface area contributed by atoms with Gasteiger partial charge in [-0.2, -0.15) is 0 Å². The molecule has 1 amide bonds. The fourth-order valence-electron chi connectivity index (χ4n) is 6.01. The molecule has 0 atom stereocenters. The first-order valence-electron chi connectivity index (χ1n) is 11.1. The number of benzene rings is 1. The molecule has 0 aliphatic heterocycles. The molecule has 4 saturated carbocycles. The number of carbonyl (C=O) groups is 2. The first-order valence-corrected chi connectivity index (χ1v) is 11.1. The molecule has 4 aliphatic carbocycles. The Bertz CT molecular complexity index is 782. The van der Waals surface area contributed by atoms with Crippen LogP contribution in [0, 0.1) is 23.7 Å². The molecule has 4 heteroatoms.